The minimum atomic E-state index is 0.145. The Kier molecular flexibility index (Phi) is 6.82. The molecule has 1 fully saturated rings. The molecule has 1 rings (SSSR count). The molecule has 0 spiro atoms. The lowest BCUT2D eigenvalue weighted by atomic mass is 9.97. The molecule has 1 atom stereocenters. The van der Waals surface area contributed by atoms with Gasteiger partial charge in [0.1, 0.15) is 0 Å². The fourth-order valence-corrected chi connectivity index (χ4v) is 2.72. The Bertz CT molecular complexity index is 339. The molecule has 1 saturated heterocycles. The lowest BCUT2D eigenvalue weighted by molar-refractivity contribution is -0.128. The number of nitrogens with one attached hydrogen (secondary N) is 1. The molecule has 116 valence electrons. The van der Waals surface area contributed by atoms with Gasteiger partial charge < -0.3 is 15.1 Å². The van der Waals surface area contributed by atoms with Gasteiger partial charge in [-0.05, 0) is 24.7 Å². The Balaban J connectivity index is 2.35. The van der Waals surface area contributed by atoms with Crippen LogP contribution in [0, 0.1) is 11.8 Å². The summed E-state index contributed by atoms with van der Waals surface area (Å²) in [6, 6.07) is 0. The lowest BCUT2D eigenvalue weighted by Crippen LogP contribution is -2.41. The zero-order valence-electron chi connectivity index (χ0n) is 13.6. The molecule has 1 amide bonds. The number of carbonyl (C=O) groups is 1. The fourth-order valence-electron chi connectivity index (χ4n) is 2.72. The number of carbonyl (C=O) groups excluding carboxylic acids is 1. The summed E-state index contributed by atoms with van der Waals surface area (Å²) in [5, 5.41) is 3.30. The average molecular weight is 282 g/mol. The monoisotopic (exact) mass is 282 g/mol. The van der Waals surface area contributed by atoms with Gasteiger partial charge in [-0.3, -0.25) is 9.79 Å². The van der Waals surface area contributed by atoms with E-state index in [1.165, 1.54) is 12.8 Å². The molecule has 1 heterocycles. The highest BCUT2D eigenvalue weighted by atomic mass is 16.2. The smallest absolute Gasteiger partial charge is 0.223 e. The van der Waals surface area contributed by atoms with E-state index >= 15 is 0 Å². The highest BCUT2D eigenvalue weighted by Crippen LogP contribution is 2.23. The number of likely N-dealkylation sites (tertiary alicyclic amines) is 1. The van der Waals surface area contributed by atoms with Gasteiger partial charge in [-0.15, -0.1) is 0 Å². The number of hydrogen-bond acceptors (Lipinski definition) is 2. The van der Waals surface area contributed by atoms with Crippen LogP contribution in [0.4, 0.5) is 0 Å². The maximum Gasteiger partial charge on any atom is 0.223 e. The van der Waals surface area contributed by atoms with Crippen molar-refractivity contribution >= 4 is 11.9 Å². The van der Waals surface area contributed by atoms with Crippen LogP contribution in [-0.2, 0) is 4.79 Å². The molecule has 0 aliphatic carbocycles. The van der Waals surface area contributed by atoms with Crippen molar-refractivity contribution in [3.8, 4) is 0 Å². The average Bonchev–Trinajstić information content (AvgIpc) is 2.81. The highest BCUT2D eigenvalue weighted by Gasteiger charge is 2.25. The zero-order valence-corrected chi connectivity index (χ0v) is 13.6. The Morgan fingerprint density at radius 1 is 1.45 bits per heavy atom. The third-order valence-electron chi connectivity index (χ3n) is 3.72. The first-order chi connectivity index (χ1) is 9.43. The van der Waals surface area contributed by atoms with Crippen LogP contribution in [0.1, 0.15) is 33.1 Å². The number of hydrogen-bond donors (Lipinski definition) is 1. The van der Waals surface area contributed by atoms with E-state index in [1.54, 1.807) is 19.0 Å². The molecule has 1 aliphatic rings. The van der Waals surface area contributed by atoms with Crippen LogP contribution in [-0.4, -0.2) is 62.4 Å². The van der Waals surface area contributed by atoms with Crippen LogP contribution in [0.25, 0.3) is 0 Å². The molecule has 1 N–H and O–H groups in total. The largest absolute Gasteiger partial charge is 0.356 e. The van der Waals surface area contributed by atoms with Gasteiger partial charge in [0.15, 0.2) is 5.96 Å². The number of guanidine groups is 1. The molecule has 1 unspecified atom stereocenters. The maximum absolute atomic E-state index is 11.5. The van der Waals surface area contributed by atoms with E-state index < -0.39 is 0 Å². The van der Waals surface area contributed by atoms with Crippen molar-refractivity contribution in [2.75, 3.05) is 40.8 Å². The first-order valence-electron chi connectivity index (χ1n) is 7.59. The van der Waals surface area contributed by atoms with Crippen LogP contribution >= 0.6 is 0 Å². The topological polar surface area (TPSA) is 47.9 Å². The van der Waals surface area contributed by atoms with Gasteiger partial charge in [-0.25, -0.2) is 0 Å². The molecule has 0 aromatic heterocycles. The Labute approximate surface area is 123 Å². The molecule has 20 heavy (non-hydrogen) atoms. The SMILES string of the molecule is CN=C(NCCC(=O)N(C)C)N1CCC(CC(C)C)C1. The molecular formula is C15H30N4O. The first-order valence-corrected chi connectivity index (χ1v) is 7.59. The summed E-state index contributed by atoms with van der Waals surface area (Å²) in [6.45, 7) is 7.36. The number of rotatable bonds is 5. The van der Waals surface area contributed by atoms with Crippen LogP contribution in [0.15, 0.2) is 4.99 Å². The van der Waals surface area contributed by atoms with E-state index in [0.717, 1.165) is 30.9 Å². The Hall–Kier alpha value is -1.26. The van der Waals surface area contributed by atoms with E-state index in [4.69, 9.17) is 0 Å². The lowest BCUT2D eigenvalue weighted by Gasteiger charge is -2.22. The second-order valence-corrected chi connectivity index (χ2v) is 6.24. The summed E-state index contributed by atoms with van der Waals surface area (Å²) >= 11 is 0. The zero-order chi connectivity index (χ0) is 15.1. The standard InChI is InChI=1S/C15H30N4O/c1-12(2)10-13-7-9-19(11-13)15(16-3)17-8-6-14(20)18(4)5/h12-13H,6-11H2,1-5H3,(H,16,17). The second-order valence-electron chi connectivity index (χ2n) is 6.24. The first kappa shape index (κ1) is 16.8. The summed E-state index contributed by atoms with van der Waals surface area (Å²) in [5.41, 5.74) is 0. The predicted octanol–water partition coefficient (Wildman–Crippen LogP) is 1.41. The molecule has 5 nitrogen and oxygen atoms in total. The third-order valence-corrected chi connectivity index (χ3v) is 3.72. The van der Waals surface area contributed by atoms with Crippen LogP contribution in [0.2, 0.25) is 0 Å². The number of aliphatic imine (C=N–C) groups is 1. The fraction of sp³-hybridized carbons (Fsp3) is 0.867. The molecular weight excluding hydrogens is 252 g/mol. The van der Waals surface area contributed by atoms with Crippen molar-refractivity contribution in [1.82, 2.24) is 15.1 Å². The van der Waals surface area contributed by atoms with Gasteiger partial charge in [0.2, 0.25) is 5.91 Å². The van der Waals surface area contributed by atoms with Crippen LogP contribution < -0.4 is 5.32 Å². The summed E-state index contributed by atoms with van der Waals surface area (Å²) in [6.07, 6.45) is 3.04. The normalized spacial score (nSPS) is 19.6. The maximum atomic E-state index is 11.5. The number of amides is 1. The summed E-state index contributed by atoms with van der Waals surface area (Å²) in [7, 11) is 5.38. The summed E-state index contributed by atoms with van der Waals surface area (Å²) in [5.74, 6) is 2.61. The molecule has 0 radical (unpaired) electrons. The summed E-state index contributed by atoms with van der Waals surface area (Å²) in [4.78, 5) is 19.8. The second kappa shape index (κ2) is 8.12. The third kappa shape index (κ3) is 5.39. The van der Waals surface area contributed by atoms with Gasteiger partial charge in [0.25, 0.3) is 0 Å². The van der Waals surface area contributed by atoms with Crippen molar-refractivity contribution in [2.24, 2.45) is 16.8 Å². The molecule has 0 bridgehead atoms. The van der Waals surface area contributed by atoms with Crippen LogP contribution in [0.3, 0.4) is 0 Å². The van der Waals surface area contributed by atoms with Crippen molar-refractivity contribution in [2.45, 2.75) is 33.1 Å². The Morgan fingerprint density at radius 3 is 2.70 bits per heavy atom. The minimum Gasteiger partial charge on any atom is -0.356 e. The molecule has 1 aliphatic heterocycles. The van der Waals surface area contributed by atoms with E-state index in [2.05, 4.69) is 29.1 Å². The molecule has 0 aromatic rings. The van der Waals surface area contributed by atoms with Crippen molar-refractivity contribution in [1.29, 1.82) is 0 Å². The highest BCUT2D eigenvalue weighted by molar-refractivity contribution is 5.81. The molecule has 0 saturated carbocycles. The van der Waals surface area contributed by atoms with E-state index in [9.17, 15) is 4.79 Å². The van der Waals surface area contributed by atoms with E-state index in [-0.39, 0.29) is 5.91 Å². The molecule has 0 aromatic carbocycles. The van der Waals surface area contributed by atoms with Crippen molar-refractivity contribution < 1.29 is 4.79 Å². The van der Waals surface area contributed by atoms with E-state index in [0.29, 0.717) is 13.0 Å². The quantitative estimate of drug-likeness (QED) is 0.612. The number of nitrogens with zero attached hydrogens (tertiary/aromatic N) is 3. The van der Waals surface area contributed by atoms with Gasteiger partial charge in [0.05, 0.1) is 0 Å². The van der Waals surface area contributed by atoms with Gasteiger partial charge >= 0.3 is 0 Å². The van der Waals surface area contributed by atoms with Crippen molar-refractivity contribution in [3.05, 3.63) is 0 Å². The summed E-state index contributed by atoms with van der Waals surface area (Å²) < 4.78 is 0. The van der Waals surface area contributed by atoms with E-state index in [1.807, 2.05) is 7.05 Å². The van der Waals surface area contributed by atoms with Gasteiger partial charge in [0, 0.05) is 47.2 Å². The van der Waals surface area contributed by atoms with Gasteiger partial charge in [-0.1, -0.05) is 13.8 Å². The molecule has 5 heteroatoms. The van der Waals surface area contributed by atoms with Crippen molar-refractivity contribution in [3.63, 3.8) is 0 Å². The minimum absolute atomic E-state index is 0.145. The van der Waals surface area contributed by atoms with Crippen LogP contribution in [0.5, 0.6) is 0 Å². The Morgan fingerprint density at radius 2 is 2.15 bits per heavy atom. The van der Waals surface area contributed by atoms with Gasteiger partial charge in [-0.2, -0.15) is 0 Å². The predicted molar refractivity (Wildman–Crippen MR) is 83.8 cm³/mol.